The van der Waals surface area contributed by atoms with Crippen molar-refractivity contribution in [2.45, 2.75) is 45.8 Å². The summed E-state index contributed by atoms with van der Waals surface area (Å²) in [4.78, 5) is 0. The predicted molar refractivity (Wildman–Crippen MR) is 73.3 cm³/mol. The summed E-state index contributed by atoms with van der Waals surface area (Å²) >= 11 is 0. The van der Waals surface area contributed by atoms with Gasteiger partial charge in [0, 0.05) is 19.7 Å². The Morgan fingerprint density at radius 2 is 1.82 bits per heavy atom. The average Bonchev–Trinajstić information content (AvgIpc) is 2.36. The van der Waals surface area contributed by atoms with Gasteiger partial charge in [0.1, 0.15) is 0 Å². The van der Waals surface area contributed by atoms with Gasteiger partial charge in [0.2, 0.25) is 0 Å². The highest BCUT2D eigenvalue weighted by atomic mass is 16.5. The largest absolute Gasteiger partial charge is 0.380 e. The van der Waals surface area contributed by atoms with Crippen molar-refractivity contribution in [3.05, 3.63) is 35.4 Å². The van der Waals surface area contributed by atoms with Crippen LogP contribution in [0.15, 0.2) is 24.3 Å². The van der Waals surface area contributed by atoms with E-state index in [9.17, 15) is 0 Å². The minimum atomic E-state index is 0.261. The molecule has 2 nitrogen and oxygen atoms in total. The van der Waals surface area contributed by atoms with Crippen molar-refractivity contribution in [2.75, 3.05) is 13.7 Å². The van der Waals surface area contributed by atoms with E-state index in [1.54, 1.807) is 7.11 Å². The molecule has 2 unspecified atom stereocenters. The summed E-state index contributed by atoms with van der Waals surface area (Å²) in [6, 6.07) is 9.29. The Hall–Kier alpha value is -0.860. The summed E-state index contributed by atoms with van der Waals surface area (Å²) in [6.07, 6.45) is 2.64. The van der Waals surface area contributed by atoms with Gasteiger partial charge >= 0.3 is 0 Å². The molecule has 1 rings (SSSR count). The number of aryl methyl sites for hydroxylation is 1. The monoisotopic (exact) mass is 235 g/mol. The van der Waals surface area contributed by atoms with E-state index in [1.807, 2.05) is 0 Å². The molecular formula is C15H25NO. The average molecular weight is 235 g/mol. The van der Waals surface area contributed by atoms with Crippen molar-refractivity contribution in [2.24, 2.45) is 0 Å². The maximum absolute atomic E-state index is 5.22. The Bertz CT molecular complexity index is 307. The Balaban J connectivity index is 2.48. The van der Waals surface area contributed by atoms with E-state index in [2.05, 4.69) is 50.4 Å². The van der Waals surface area contributed by atoms with Crippen LogP contribution in [0, 0.1) is 0 Å². The van der Waals surface area contributed by atoms with Crippen LogP contribution in [0.2, 0.25) is 0 Å². The SMILES string of the molecule is CCCc1ccc(C(C)NCC(C)OC)cc1. The molecule has 0 saturated carbocycles. The van der Waals surface area contributed by atoms with E-state index in [0.29, 0.717) is 6.04 Å². The second-order valence-corrected chi connectivity index (χ2v) is 4.67. The molecule has 0 amide bonds. The zero-order valence-corrected chi connectivity index (χ0v) is 11.5. The van der Waals surface area contributed by atoms with Crippen molar-refractivity contribution < 1.29 is 4.74 Å². The second kappa shape index (κ2) is 7.46. The molecule has 1 aromatic carbocycles. The van der Waals surface area contributed by atoms with Crippen molar-refractivity contribution in [3.8, 4) is 0 Å². The lowest BCUT2D eigenvalue weighted by atomic mass is 10.0. The third-order valence-electron chi connectivity index (χ3n) is 3.13. The lowest BCUT2D eigenvalue weighted by molar-refractivity contribution is 0.115. The highest BCUT2D eigenvalue weighted by molar-refractivity contribution is 5.24. The summed E-state index contributed by atoms with van der Waals surface area (Å²) in [5, 5.41) is 3.48. The topological polar surface area (TPSA) is 21.3 Å². The number of nitrogens with one attached hydrogen (secondary N) is 1. The maximum atomic E-state index is 5.22. The number of hydrogen-bond donors (Lipinski definition) is 1. The molecule has 17 heavy (non-hydrogen) atoms. The number of ether oxygens (including phenoxy) is 1. The minimum absolute atomic E-state index is 0.261. The number of benzene rings is 1. The standard InChI is InChI=1S/C15H25NO/c1-5-6-14-7-9-15(10-8-14)13(3)16-11-12(2)17-4/h7-10,12-13,16H,5-6,11H2,1-4H3. The first-order valence-electron chi connectivity index (χ1n) is 6.52. The molecule has 0 aliphatic heterocycles. The molecule has 0 radical (unpaired) electrons. The van der Waals surface area contributed by atoms with Gasteiger partial charge in [-0.25, -0.2) is 0 Å². The quantitative estimate of drug-likeness (QED) is 0.782. The van der Waals surface area contributed by atoms with Crippen LogP contribution in [0.1, 0.15) is 44.4 Å². The van der Waals surface area contributed by atoms with Crippen LogP contribution in [-0.2, 0) is 11.2 Å². The van der Waals surface area contributed by atoms with E-state index in [0.717, 1.165) is 6.54 Å². The smallest absolute Gasteiger partial charge is 0.0667 e. The lowest BCUT2D eigenvalue weighted by Gasteiger charge is -2.17. The summed E-state index contributed by atoms with van der Waals surface area (Å²) in [7, 11) is 1.75. The molecule has 1 aromatic rings. The first-order valence-corrected chi connectivity index (χ1v) is 6.52. The molecule has 0 spiro atoms. The fraction of sp³-hybridized carbons (Fsp3) is 0.600. The molecule has 0 aromatic heterocycles. The lowest BCUT2D eigenvalue weighted by Crippen LogP contribution is -2.28. The zero-order valence-electron chi connectivity index (χ0n) is 11.5. The van der Waals surface area contributed by atoms with E-state index < -0.39 is 0 Å². The maximum Gasteiger partial charge on any atom is 0.0667 e. The first-order chi connectivity index (χ1) is 8.17. The molecule has 96 valence electrons. The van der Waals surface area contributed by atoms with Crippen molar-refractivity contribution in [3.63, 3.8) is 0 Å². The summed E-state index contributed by atoms with van der Waals surface area (Å²) in [5.74, 6) is 0. The summed E-state index contributed by atoms with van der Waals surface area (Å²) < 4.78 is 5.22. The Kier molecular flexibility index (Phi) is 6.23. The highest BCUT2D eigenvalue weighted by Crippen LogP contribution is 2.14. The highest BCUT2D eigenvalue weighted by Gasteiger charge is 2.06. The van der Waals surface area contributed by atoms with Gasteiger partial charge in [0.25, 0.3) is 0 Å². The molecule has 0 aliphatic carbocycles. The molecule has 0 fully saturated rings. The summed E-state index contributed by atoms with van der Waals surface area (Å²) in [6.45, 7) is 7.36. The fourth-order valence-electron chi connectivity index (χ4n) is 1.81. The van der Waals surface area contributed by atoms with Gasteiger partial charge in [0.05, 0.1) is 6.10 Å². The van der Waals surface area contributed by atoms with Crippen molar-refractivity contribution in [1.29, 1.82) is 0 Å². The second-order valence-electron chi connectivity index (χ2n) is 4.67. The Morgan fingerprint density at radius 3 is 2.35 bits per heavy atom. The molecular weight excluding hydrogens is 210 g/mol. The zero-order chi connectivity index (χ0) is 12.7. The van der Waals surface area contributed by atoms with Crippen LogP contribution >= 0.6 is 0 Å². The number of methoxy groups -OCH3 is 1. The molecule has 0 aliphatic rings. The van der Waals surface area contributed by atoms with Crippen LogP contribution in [0.4, 0.5) is 0 Å². The van der Waals surface area contributed by atoms with E-state index >= 15 is 0 Å². The van der Waals surface area contributed by atoms with E-state index in [4.69, 9.17) is 4.74 Å². The third-order valence-corrected chi connectivity index (χ3v) is 3.13. The molecule has 0 bridgehead atoms. The van der Waals surface area contributed by atoms with E-state index in [-0.39, 0.29) is 6.10 Å². The predicted octanol–water partition coefficient (Wildman–Crippen LogP) is 3.32. The van der Waals surface area contributed by atoms with Gasteiger partial charge in [-0.2, -0.15) is 0 Å². The van der Waals surface area contributed by atoms with Crippen LogP contribution in [0.25, 0.3) is 0 Å². The van der Waals surface area contributed by atoms with Crippen LogP contribution < -0.4 is 5.32 Å². The van der Waals surface area contributed by atoms with Crippen LogP contribution in [-0.4, -0.2) is 19.8 Å². The van der Waals surface area contributed by atoms with Crippen LogP contribution in [0.3, 0.4) is 0 Å². The molecule has 0 saturated heterocycles. The van der Waals surface area contributed by atoms with Gasteiger partial charge in [0.15, 0.2) is 0 Å². The van der Waals surface area contributed by atoms with Crippen LogP contribution in [0.5, 0.6) is 0 Å². The van der Waals surface area contributed by atoms with Gasteiger partial charge in [-0.05, 0) is 31.4 Å². The molecule has 0 heterocycles. The number of hydrogen-bond acceptors (Lipinski definition) is 2. The third kappa shape index (κ3) is 4.88. The van der Waals surface area contributed by atoms with Gasteiger partial charge in [-0.15, -0.1) is 0 Å². The first kappa shape index (κ1) is 14.2. The van der Waals surface area contributed by atoms with Gasteiger partial charge in [-0.1, -0.05) is 37.6 Å². The molecule has 1 N–H and O–H groups in total. The van der Waals surface area contributed by atoms with Gasteiger partial charge in [-0.3, -0.25) is 0 Å². The molecule has 2 heteroatoms. The number of rotatable bonds is 7. The van der Waals surface area contributed by atoms with Gasteiger partial charge < -0.3 is 10.1 Å². The Morgan fingerprint density at radius 1 is 1.18 bits per heavy atom. The Labute approximate surface area is 105 Å². The van der Waals surface area contributed by atoms with E-state index in [1.165, 1.54) is 24.0 Å². The summed E-state index contributed by atoms with van der Waals surface area (Å²) in [5.41, 5.74) is 2.77. The minimum Gasteiger partial charge on any atom is -0.380 e. The normalized spacial score (nSPS) is 14.6. The van der Waals surface area contributed by atoms with Crippen molar-refractivity contribution in [1.82, 2.24) is 5.32 Å². The fourth-order valence-corrected chi connectivity index (χ4v) is 1.81. The molecule has 2 atom stereocenters. The van der Waals surface area contributed by atoms with Crippen molar-refractivity contribution >= 4 is 0 Å².